The van der Waals surface area contributed by atoms with E-state index >= 15 is 0 Å². The first-order valence-corrected chi connectivity index (χ1v) is 6.20. The minimum atomic E-state index is -5.43. The van der Waals surface area contributed by atoms with Crippen LogP contribution < -0.4 is 5.73 Å². The molecule has 0 amide bonds. The van der Waals surface area contributed by atoms with E-state index in [1.54, 1.807) is 0 Å². The number of alkyl halides is 6. The molecule has 1 aromatic rings. The van der Waals surface area contributed by atoms with Gasteiger partial charge in [0.25, 0.3) is 0 Å². The first-order chi connectivity index (χ1) is 7.94. The highest BCUT2D eigenvalue weighted by Crippen LogP contribution is 2.47. The van der Waals surface area contributed by atoms with E-state index in [4.69, 9.17) is 5.73 Å². The van der Waals surface area contributed by atoms with Gasteiger partial charge in [-0.2, -0.15) is 26.3 Å². The average Bonchev–Trinajstić information content (AvgIpc) is 2.39. The van der Waals surface area contributed by atoms with Crippen LogP contribution in [0.15, 0.2) is 9.85 Å². The maximum atomic E-state index is 12.5. The molecule has 1 rings (SSSR count). The molecule has 0 spiro atoms. The molecule has 1 unspecified atom stereocenters. The van der Waals surface area contributed by atoms with Gasteiger partial charge < -0.3 is 5.73 Å². The zero-order valence-electron chi connectivity index (χ0n) is 8.86. The normalized spacial score (nSPS) is 15.2. The molecule has 0 aliphatic carbocycles. The van der Waals surface area contributed by atoms with E-state index in [0.717, 1.165) is 11.3 Å². The molecule has 0 saturated heterocycles. The fourth-order valence-corrected chi connectivity index (χ4v) is 3.33. The van der Waals surface area contributed by atoms with Crippen LogP contribution in [0.2, 0.25) is 0 Å². The Hall–Kier alpha value is -0.280. The van der Waals surface area contributed by atoms with Gasteiger partial charge in [-0.1, -0.05) is 0 Å². The van der Waals surface area contributed by atoms with Crippen LogP contribution in [0.4, 0.5) is 26.3 Å². The lowest BCUT2D eigenvalue weighted by Crippen LogP contribution is -2.44. The second-order valence-electron chi connectivity index (χ2n) is 3.65. The van der Waals surface area contributed by atoms with Crippen molar-refractivity contribution in [3.05, 3.63) is 20.3 Å². The topological polar surface area (TPSA) is 26.0 Å². The van der Waals surface area contributed by atoms with E-state index in [2.05, 4.69) is 15.9 Å². The Morgan fingerprint density at radius 2 is 1.61 bits per heavy atom. The lowest BCUT2D eigenvalue weighted by atomic mass is 9.93. The summed E-state index contributed by atoms with van der Waals surface area (Å²) in [5.74, 6) is -3.56. The minimum Gasteiger partial charge on any atom is -0.323 e. The van der Waals surface area contributed by atoms with Crippen molar-refractivity contribution in [1.29, 1.82) is 0 Å². The van der Waals surface area contributed by atoms with Gasteiger partial charge in [-0.3, -0.25) is 0 Å². The predicted molar refractivity (Wildman–Crippen MR) is 59.3 cm³/mol. The van der Waals surface area contributed by atoms with Crippen LogP contribution in [0.3, 0.4) is 0 Å². The van der Waals surface area contributed by atoms with Gasteiger partial charge in [0.1, 0.15) is 0 Å². The van der Waals surface area contributed by atoms with Gasteiger partial charge in [0, 0.05) is 4.88 Å². The van der Waals surface area contributed by atoms with Gasteiger partial charge in [-0.15, -0.1) is 11.3 Å². The summed E-state index contributed by atoms with van der Waals surface area (Å²) in [6.45, 7) is 1.43. The third-order valence-electron chi connectivity index (χ3n) is 2.35. The second-order valence-corrected chi connectivity index (χ2v) is 6.28. The van der Waals surface area contributed by atoms with Crippen LogP contribution >= 0.6 is 27.3 Å². The third-order valence-corrected chi connectivity index (χ3v) is 3.92. The third kappa shape index (κ3) is 3.39. The zero-order valence-corrected chi connectivity index (χ0v) is 11.3. The zero-order chi connectivity index (χ0) is 14.3. The molecule has 0 aromatic carbocycles. The average molecular weight is 356 g/mol. The number of hydrogen-bond acceptors (Lipinski definition) is 2. The molecule has 1 nitrogen and oxygen atoms in total. The lowest BCUT2D eigenvalue weighted by Gasteiger charge is -2.28. The molecule has 0 radical (unpaired) electrons. The summed E-state index contributed by atoms with van der Waals surface area (Å²) in [5, 5.41) is 0. The SMILES string of the molecule is Cc1sc(Br)cc1C(N)C(C(F)(F)F)C(F)(F)F. The van der Waals surface area contributed by atoms with Crippen molar-refractivity contribution >= 4 is 27.3 Å². The van der Waals surface area contributed by atoms with Gasteiger partial charge in [0.2, 0.25) is 0 Å². The van der Waals surface area contributed by atoms with E-state index < -0.39 is 24.3 Å². The van der Waals surface area contributed by atoms with Crippen LogP contribution in [-0.2, 0) is 0 Å². The van der Waals surface area contributed by atoms with Crippen LogP contribution in [0.5, 0.6) is 0 Å². The summed E-state index contributed by atoms with van der Waals surface area (Å²) in [7, 11) is 0. The number of rotatable bonds is 2. The van der Waals surface area contributed by atoms with Crippen LogP contribution in [0, 0.1) is 12.8 Å². The van der Waals surface area contributed by atoms with Crippen molar-refractivity contribution in [1.82, 2.24) is 0 Å². The summed E-state index contributed by atoms with van der Waals surface area (Å²) in [6, 6.07) is -0.970. The Balaban J connectivity index is 3.19. The maximum Gasteiger partial charge on any atom is 0.402 e. The number of halogens is 7. The molecule has 0 fully saturated rings. The van der Waals surface area contributed by atoms with E-state index in [1.165, 1.54) is 13.0 Å². The minimum absolute atomic E-state index is 0.147. The van der Waals surface area contributed by atoms with Crippen molar-refractivity contribution in [2.24, 2.45) is 11.7 Å². The van der Waals surface area contributed by atoms with Gasteiger partial charge in [-0.05, 0) is 34.5 Å². The summed E-state index contributed by atoms with van der Waals surface area (Å²) < 4.78 is 75.3. The van der Waals surface area contributed by atoms with Gasteiger partial charge in [0.15, 0.2) is 5.92 Å². The second kappa shape index (κ2) is 5.01. The van der Waals surface area contributed by atoms with E-state index in [0.29, 0.717) is 8.66 Å². The molecule has 0 bridgehead atoms. The Kier molecular flexibility index (Phi) is 4.39. The Morgan fingerprint density at radius 1 is 1.17 bits per heavy atom. The van der Waals surface area contributed by atoms with Crippen LogP contribution in [0.1, 0.15) is 16.5 Å². The van der Waals surface area contributed by atoms with Crippen molar-refractivity contribution in [2.75, 3.05) is 0 Å². The maximum absolute atomic E-state index is 12.5. The molecular weight excluding hydrogens is 348 g/mol. The monoisotopic (exact) mass is 355 g/mol. The van der Waals surface area contributed by atoms with Crippen LogP contribution in [-0.4, -0.2) is 12.4 Å². The number of hydrogen-bond donors (Lipinski definition) is 1. The van der Waals surface area contributed by atoms with E-state index in [1.807, 2.05) is 0 Å². The molecular formula is C9H8BrF6NS. The Bertz CT molecular complexity index is 410. The first kappa shape index (κ1) is 15.8. The summed E-state index contributed by atoms with van der Waals surface area (Å²) >= 11 is 4.04. The fourth-order valence-electron chi connectivity index (χ4n) is 1.56. The van der Waals surface area contributed by atoms with Crippen molar-refractivity contribution in [2.45, 2.75) is 25.3 Å². The first-order valence-electron chi connectivity index (χ1n) is 4.59. The highest BCUT2D eigenvalue weighted by Gasteiger charge is 2.59. The number of nitrogens with two attached hydrogens (primary N) is 1. The molecule has 1 heterocycles. The van der Waals surface area contributed by atoms with Gasteiger partial charge in [-0.25, -0.2) is 0 Å². The lowest BCUT2D eigenvalue weighted by molar-refractivity contribution is -0.290. The Morgan fingerprint density at radius 3 is 1.89 bits per heavy atom. The summed E-state index contributed by atoms with van der Waals surface area (Å²) in [4.78, 5) is 0.327. The highest BCUT2D eigenvalue weighted by atomic mass is 79.9. The van der Waals surface area contributed by atoms with Gasteiger partial charge in [0.05, 0.1) is 9.83 Å². The molecule has 18 heavy (non-hydrogen) atoms. The fraction of sp³-hybridized carbons (Fsp3) is 0.556. The molecule has 1 aromatic heterocycles. The van der Waals surface area contributed by atoms with Crippen LogP contribution in [0.25, 0.3) is 0 Å². The van der Waals surface area contributed by atoms with E-state index in [-0.39, 0.29) is 5.56 Å². The summed E-state index contributed by atoms with van der Waals surface area (Å²) in [5.41, 5.74) is 5.02. The van der Waals surface area contributed by atoms with Crippen molar-refractivity contribution in [3.8, 4) is 0 Å². The molecule has 9 heteroatoms. The molecule has 2 N–H and O–H groups in total. The molecule has 104 valence electrons. The van der Waals surface area contributed by atoms with E-state index in [9.17, 15) is 26.3 Å². The predicted octanol–water partition coefficient (Wildman–Crippen LogP) is 4.56. The van der Waals surface area contributed by atoms with Crippen molar-refractivity contribution in [3.63, 3.8) is 0 Å². The smallest absolute Gasteiger partial charge is 0.323 e. The van der Waals surface area contributed by atoms with Crippen molar-refractivity contribution < 1.29 is 26.3 Å². The largest absolute Gasteiger partial charge is 0.402 e. The molecule has 1 atom stereocenters. The number of thiophene rings is 1. The summed E-state index contributed by atoms with van der Waals surface area (Å²) in [6.07, 6.45) is -10.9. The molecule has 0 aliphatic heterocycles. The Labute approximate surface area is 111 Å². The van der Waals surface area contributed by atoms with Gasteiger partial charge >= 0.3 is 12.4 Å². The quantitative estimate of drug-likeness (QED) is 0.773. The highest BCUT2D eigenvalue weighted by molar-refractivity contribution is 9.11. The molecule has 0 saturated carbocycles. The number of aryl methyl sites for hydroxylation is 1. The molecule has 0 aliphatic rings. The standard InChI is InChI=1S/C9H8BrF6NS/c1-3-4(2-5(10)18-3)6(17)7(8(11,12)13)9(14,15)16/h2,6-7H,17H2,1H3.